The number of fused-ring (bicyclic) bond motifs is 1. The third-order valence-electron chi connectivity index (χ3n) is 3.88. The van der Waals surface area contributed by atoms with Gasteiger partial charge in [0, 0.05) is 35.0 Å². The van der Waals surface area contributed by atoms with E-state index in [0.29, 0.717) is 6.42 Å². The minimum Gasteiger partial charge on any atom is -0.361 e. The summed E-state index contributed by atoms with van der Waals surface area (Å²) in [5.74, 6) is -0.0370. The number of nitrogens with zero attached hydrogens (tertiary/aromatic N) is 3. The Labute approximate surface area is 162 Å². The fraction of sp³-hybridized carbons (Fsp3) is 0.278. The first kappa shape index (κ1) is 19.7. The van der Waals surface area contributed by atoms with Crippen LogP contribution in [0.15, 0.2) is 35.5 Å². The van der Waals surface area contributed by atoms with Gasteiger partial charge in [-0.1, -0.05) is 0 Å². The summed E-state index contributed by atoms with van der Waals surface area (Å²) < 4.78 is 39.1. The Morgan fingerprint density at radius 2 is 1.93 bits per heavy atom. The quantitative estimate of drug-likeness (QED) is 0.446. The van der Waals surface area contributed by atoms with Gasteiger partial charge >= 0.3 is 0 Å². The lowest BCUT2D eigenvalue weighted by atomic mass is 10.1. The first-order valence-electron chi connectivity index (χ1n) is 8.57. The molecule has 3 rings (SSSR count). The van der Waals surface area contributed by atoms with Gasteiger partial charge in [0.05, 0.1) is 6.26 Å². The summed E-state index contributed by atoms with van der Waals surface area (Å²) >= 11 is 0. The number of H-pyrrole nitrogens is 1. The van der Waals surface area contributed by atoms with Crippen molar-refractivity contribution in [1.29, 1.82) is 0 Å². The smallest absolute Gasteiger partial charge is 0.232 e. The van der Waals surface area contributed by atoms with Crippen LogP contribution >= 0.6 is 0 Å². The van der Waals surface area contributed by atoms with Gasteiger partial charge in [0.25, 0.3) is 0 Å². The number of hydrogen-bond acceptors (Lipinski definition) is 5. The lowest BCUT2D eigenvalue weighted by Gasteiger charge is -2.11. The van der Waals surface area contributed by atoms with E-state index in [1.54, 1.807) is 12.3 Å². The zero-order valence-corrected chi connectivity index (χ0v) is 16.6. The summed E-state index contributed by atoms with van der Waals surface area (Å²) in [6.45, 7) is 3.91. The predicted molar refractivity (Wildman–Crippen MR) is 107 cm³/mol. The van der Waals surface area contributed by atoms with Gasteiger partial charge in [-0.15, -0.1) is 0 Å². The average Bonchev–Trinajstić information content (AvgIpc) is 2.94. The molecule has 0 amide bonds. The second kappa shape index (κ2) is 7.93. The van der Waals surface area contributed by atoms with E-state index in [1.165, 1.54) is 12.1 Å². The van der Waals surface area contributed by atoms with E-state index in [2.05, 4.69) is 30.0 Å². The fourth-order valence-corrected chi connectivity index (χ4v) is 3.27. The van der Waals surface area contributed by atoms with Gasteiger partial charge in [-0.2, -0.15) is 0 Å². The van der Waals surface area contributed by atoms with Crippen molar-refractivity contribution >= 4 is 32.8 Å². The van der Waals surface area contributed by atoms with Crippen molar-refractivity contribution in [2.24, 2.45) is 4.99 Å². The third kappa shape index (κ3) is 5.26. The molecule has 1 aromatic carbocycles. The number of aromatic nitrogens is 3. The summed E-state index contributed by atoms with van der Waals surface area (Å²) in [6.07, 6.45) is 3.33. The maximum atomic E-state index is 13.5. The molecule has 28 heavy (non-hydrogen) atoms. The highest BCUT2D eigenvalue weighted by Gasteiger charge is 2.10. The monoisotopic (exact) mass is 404 g/mol. The molecule has 0 fully saturated rings. The molecule has 3 aromatic rings. The minimum absolute atomic E-state index is 0.0264. The number of anilines is 1. The molecule has 0 aliphatic rings. The van der Waals surface area contributed by atoms with Crippen LogP contribution in [0.2, 0.25) is 0 Å². The molecule has 10 heteroatoms. The van der Waals surface area contributed by atoms with Crippen LogP contribution in [0.3, 0.4) is 0 Å². The topological polar surface area (TPSA) is 112 Å². The molecule has 0 spiro atoms. The van der Waals surface area contributed by atoms with Gasteiger partial charge in [-0.3, -0.25) is 15.0 Å². The Bertz CT molecular complexity index is 1120. The Hall–Kier alpha value is -3.01. The molecule has 2 aromatic heterocycles. The van der Waals surface area contributed by atoms with Crippen LogP contribution < -0.4 is 10.0 Å². The molecule has 0 radical (unpaired) electrons. The Morgan fingerprint density at radius 1 is 1.21 bits per heavy atom. The lowest BCUT2D eigenvalue weighted by molar-refractivity contribution is 0.598. The summed E-state index contributed by atoms with van der Waals surface area (Å²) in [5, 5.41) is 3.59. The summed E-state index contributed by atoms with van der Waals surface area (Å²) in [4.78, 5) is 15.8. The van der Waals surface area contributed by atoms with Crippen LogP contribution in [0.25, 0.3) is 10.9 Å². The largest absolute Gasteiger partial charge is 0.361 e. The third-order valence-corrected chi connectivity index (χ3v) is 4.44. The number of rotatable bonds is 5. The zero-order valence-electron chi connectivity index (χ0n) is 15.7. The molecule has 0 aliphatic heterocycles. The lowest BCUT2D eigenvalue weighted by Crippen LogP contribution is -2.36. The van der Waals surface area contributed by atoms with Crippen molar-refractivity contribution in [3.05, 3.63) is 53.2 Å². The Morgan fingerprint density at radius 3 is 2.61 bits per heavy atom. The van der Waals surface area contributed by atoms with Crippen LogP contribution in [-0.2, 0) is 16.4 Å². The van der Waals surface area contributed by atoms with Crippen molar-refractivity contribution < 1.29 is 12.8 Å². The maximum Gasteiger partial charge on any atom is 0.232 e. The van der Waals surface area contributed by atoms with E-state index in [1.807, 2.05) is 19.9 Å². The molecule has 0 saturated heterocycles. The van der Waals surface area contributed by atoms with Crippen molar-refractivity contribution in [1.82, 2.24) is 19.7 Å². The van der Waals surface area contributed by atoms with Crippen LogP contribution in [0.4, 0.5) is 10.3 Å². The number of guanidine groups is 1. The SMILES string of the molecule is Cc1cc(C)nc(NC(=NCCc2c[nH]c3ccc(F)cc23)NS(C)(=O)=O)n1. The van der Waals surface area contributed by atoms with Crippen LogP contribution in [-0.4, -0.2) is 42.1 Å². The normalized spacial score (nSPS) is 12.4. The van der Waals surface area contributed by atoms with Gasteiger partial charge in [0.2, 0.25) is 21.9 Å². The van der Waals surface area contributed by atoms with E-state index in [9.17, 15) is 12.8 Å². The van der Waals surface area contributed by atoms with Crippen molar-refractivity contribution in [3.8, 4) is 0 Å². The number of hydrogen-bond donors (Lipinski definition) is 3. The van der Waals surface area contributed by atoms with E-state index in [0.717, 1.165) is 34.1 Å². The number of sulfonamides is 1. The molecule has 8 nitrogen and oxygen atoms in total. The number of aliphatic imine (C=N–C) groups is 1. The molecule has 148 valence electrons. The molecular formula is C18H21FN6O2S. The highest BCUT2D eigenvalue weighted by molar-refractivity contribution is 7.89. The van der Waals surface area contributed by atoms with Gasteiger partial charge in [-0.25, -0.2) is 22.8 Å². The zero-order chi connectivity index (χ0) is 20.3. The van der Waals surface area contributed by atoms with Gasteiger partial charge < -0.3 is 4.98 Å². The molecule has 3 N–H and O–H groups in total. The summed E-state index contributed by atoms with van der Waals surface area (Å²) in [5.41, 5.74) is 3.21. The van der Waals surface area contributed by atoms with E-state index < -0.39 is 10.0 Å². The molecular weight excluding hydrogens is 383 g/mol. The number of aryl methyl sites for hydroxylation is 2. The summed E-state index contributed by atoms with van der Waals surface area (Å²) in [6, 6.07) is 6.33. The van der Waals surface area contributed by atoms with Crippen LogP contribution in [0.5, 0.6) is 0 Å². The number of halogens is 1. The van der Waals surface area contributed by atoms with Gasteiger partial charge in [0.1, 0.15) is 5.82 Å². The first-order chi connectivity index (χ1) is 13.2. The van der Waals surface area contributed by atoms with Crippen LogP contribution in [0, 0.1) is 19.7 Å². The summed E-state index contributed by atoms with van der Waals surface area (Å²) in [7, 11) is -3.54. The van der Waals surface area contributed by atoms with Crippen molar-refractivity contribution in [3.63, 3.8) is 0 Å². The second-order valence-electron chi connectivity index (χ2n) is 6.46. The molecule has 0 unspecified atom stereocenters. The van der Waals surface area contributed by atoms with E-state index >= 15 is 0 Å². The molecule has 0 saturated carbocycles. The fourth-order valence-electron chi connectivity index (χ4n) is 2.81. The van der Waals surface area contributed by atoms with E-state index in [4.69, 9.17) is 0 Å². The molecule has 0 bridgehead atoms. The number of nitrogens with one attached hydrogen (secondary N) is 3. The maximum absolute atomic E-state index is 13.5. The van der Waals surface area contributed by atoms with Crippen LogP contribution in [0.1, 0.15) is 17.0 Å². The Balaban J connectivity index is 1.79. The minimum atomic E-state index is -3.54. The van der Waals surface area contributed by atoms with E-state index in [-0.39, 0.29) is 24.3 Å². The highest BCUT2D eigenvalue weighted by Crippen LogP contribution is 2.19. The van der Waals surface area contributed by atoms with Crippen molar-refractivity contribution in [2.45, 2.75) is 20.3 Å². The highest BCUT2D eigenvalue weighted by atomic mass is 32.2. The molecule has 0 atom stereocenters. The first-order valence-corrected chi connectivity index (χ1v) is 10.5. The Kier molecular flexibility index (Phi) is 5.59. The van der Waals surface area contributed by atoms with Gasteiger partial charge in [-0.05, 0) is 50.1 Å². The van der Waals surface area contributed by atoms with Crippen molar-refractivity contribution in [2.75, 3.05) is 18.1 Å². The standard InChI is InChI=1S/C18H21FN6O2S/c1-11-8-12(2)23-18(22-11)24-17(25-28(3,26)27)20-7-6-13-10-21-16-5-4-14(19)9-15(13)16/h4-5,8-10,21H,6-7H2,1-3H3,(H2,20,22,23,24,25). The van der Waals surface area contributed by atoms with Gasteiger partial charge in [0.15, 0.2) is 0 Å². The average molecular weight is 404 g/mol. The molecule has 0 aliphatic carbocycles. The second-order valence-corrected chi connectivity index (χ2v) is 8.21. The predicted octanol–water partition coefficient (Wildman–Crippen LogP) is 2.27. The number of aromatic amines is 1. The molecule has 2 heterocycles. The number of benzene rings is 1.